The zero-order valence-corrected chi connectivity index (χ0v) is 13.1. The van der Waals surface area contributed by atoms with E-state index < -0.39 is 4.92 Å². The predicted octanol–water partition coefficient (Wildman–Crippen LogP) is 3.60. The number of nitrogens with zero attached hydrogens (tertiary/aromatic N) is 4. The quantitative estimate of drug-likeness (QED) is 0.448. The van der Waals surface area contributed by atoms with Gasteiger partial charge in [0.15, 0.2) is 0 Å². The molecular formula is C15H12ClN5O2. The van der Waals surface area contributed by atoms with E-state index in [9.17, 15) is 10.1 Å². The van der Waals surface area contributed by atoms with Crippen molar-refractivity contribution in [1.82, 2.24) is 15.0 Å². The molecule has 0 bridgehead atoms. The molecule has 3 aromatic rings. The van der Waals surface area contributed by atoms with Crippen molar-refractivity contribution in [3.05, 3.63) is 51.6 Å². The van der Waals surface area contributed by atoms with Gasteiger partial charge in [-0.1, -0.05) is 11.6 Å². The summed E-state index contributed by atoms with van der Waals surface area (Å²) < 4.78 is 0. The van der Waals surface area contributed by atoms with Crippen molar-refractivity contribution in [2.75, 3.05) is 12.4 Å². The zero-order valence-electron chi connectivity index (χ0n) is 12.4. The van der Waals surface area contributed by atoms with Gasteiger partial charge in [-0.25, -0.2) is 9.97 Å². The molecule has 8 heteroatoms. The van der Waals surface area contributed by atoms with Crippen LogP contribution >= 0.6 is 11.6 Å². The topological polar surface area (TPSA) is 93.8 Å². The van der Waals surface area contributed by atoms with Crippen LogP contribution < -0.4 is 5.32 Å². The minimum atomic E-state index is -0.487. The standard InChI is InChI=1S/C15H12ClN5O2/c1-8-11(4-10(7-18-8)21(22)23)12-3-9-6-19-14(17-2)5-13(9)20-15(12)16/h3-7H,1-2H3,(H,17,19). The Bertz CT molecular complexity index is 929. The fraction of sp³-hybridized carbons (Fsp3) is 0.133. The van der Waals surface area contributed by atoms with Crippen molar-refractivity contribution in [3.8, 4) is 11.1 Å². The second kappa shape index (κ2) is 5.77. The summed E-state index contributed by atoms with van der Waals surface area (Å²) in [5, 5.41) is 14.9. The molecular weight excluding hydrogens is 318 g/mol. The van der Waals surface area contributed by atoms with E-state index in [0.717, 1.165) is 5.39 Å². The van der Waals surface area contributed by atoms with E-state index in [1.165, 1.54) is 12.3 Å². The van der Waals surface area contributed by atoms with Crippen molar-refractivity contribution in [2.45, 2.75) is 6.92 Å². The van der Waals surface area contributed by atoms with E-state index in [4.69, 9.17) is 11.6 Å². The summed E-state index contributed by atoms with van der Waals surface area (Å²) in [5.74, 6) is 0.682. The van der Waals surface area contributed by atoms with Crippen LogP contribution in [0.15, 0.2) is 30.6 Å². The van der Waals surface area contributed by atoms with Gasteiger partial charge in [0.25, 0.3) is 5.69 Å². The molecule has 0 aliphatic carbocycles. The smallest absolute Gasteiger partial charge is 0.288 e. The highest BCUT2D eigenvalue weighted by Crippen LogP contribution is 2.33. The second-order valence-corrected chi connectivity index (χ2v) is 5.28. The molecule has 116 valence electrons. The molecule has 0 saturated heterocycles. The lowest BCUT2D eigenvalue weighted by Crippen LogP contribution is -1.96. The fourth-order valence-electron chi connectivity index (χ4n) is 2.26. The first-order valence-electron chi connectivity index (χ1n) is 6.75. The third-order valence-electron chi connectivity index (χ3n) is 3.48. The van der Waals surface area contributed by atoms with E-state index in [1.807, 2.05) is 6.07 Å². The van der Waals surface area contributed by atoms with Crippen LogP contribution in [0.4, 0.5) is 11.5 Å². The van der Waals surface area contributed by atoms with Gasteiger partial charge in [-0.15, -0.1) is 0 Å². The zero-order chi connectivity index (χ0) is 16.6. The number of aryl methyl sites for hydroxylation is 1. The van der Waals surface area contributed by atoms with Crippen LogP contribution in [0.25, 0.3) is 22.0 Å². The van der Waals surface area contributed by atoms with E-state index in [-0.39, 0.29) is 10.8 Å². The Labute approximate surface area is 136 Å². The highest BCUT2D eigenvalue weighted by molar-refractivity contribution is 6.32. The largest absolute Gasteiger partial charge is 0.373 e. The minimum absolute atomic E-state index is 0.0922. The molecule has 3 heterocycles. The molecule has 1 N–H and O–H groups in total. The van der Waals surface area contributed by atoms with Gasteiger partial charge in [0.2, 0.25) is 0 Å². The van der Waals surface area contributed by atoms with E-state index in [1.54, 1.807) is 26.2 Å². The Morgan fingerprint density at radius 3 is 2.65 bits per heavy atom. The van der Waals surface area contributed by atoms with Crippen LogP contribution in [0.2, 0.25) is 5.15 Å². The molecule has 0 unspecified atom stereocenters. The first-order valence-corrected chi connectivity index (χ1v) is 7.13. The Morgan fingerprint density at radius 2 is 1.96 bits per heavy atom. The summed E-state index contributed by atoms with van der Waals surface area (Å²) in [4.78, 5) is 23.2. The van der Waals surface area contributed by atoms with Crippen molar-refractivity contribution >= 4 is 34.0 Å². The Kier molecular flexibility index (Phi) is 3.79. The SMILES string of the molecule is CNc1cc2nc(Cl)c(-c3cc([N+](=O)[O-])cnc3C)cc2cn1. The lowest BCUT2D eigenvalue weighted by molar-refractivity contribution is -0.385. The van der Waals surface area contributed by atoms with Crippen LogP contribution in [-0.2, 0) is 0 Å². The number of nitrogens with one attached hydrogen (secondary N) is 1. The summed E-state index contributed by atoms with van der Waals surface area (Å²) in [6, 6.07) is 5.04. The number of hydrogen-bond donors (Lipinski definition) is 1. The second-order valence-electron chi connectivity index (χ2n) is 4.92. The Balaban J connectivity index is 2.22. The number of hydrogen-bond acceptors (Lipinski definition) is 6. The maximum absolute atomic E-state index is 11.0. The highest BCUT2D eigenvalue weighted by Gasteiger charge is 2.15. The van der Waals surface area contributed by atoms with E-state index >= 15 is 0 Å². The molecule has 3 rings (SSSR count). The Morgan fingerprint density at radius 1 is 1.17 bits per heavy atom. The molecule has 0 saturated carbocycles. The minimum Gasteiger partial charge on any atom is -0.373 e. The molecule has 0 aliphatic heterocycles. The Hall–Kier alpha value is -2.80. The van der Waals surface area contributed by atoms with Gasteiger partial charge in [0.05, 0.1) is 10.4 Å². The van der Waals surface area contributed by atoms with Crippen molar-refractivity contribution < 1.29 is 4.92 Å². The van der Waals surface area contributed by atoms with Gasteiger partial charge in [-0.05, 0) is 13.0 Å². The first-order chi connectivity index (χ1) is 11.0. The maximum atomic E-state index is 11.0. The summed E-state index contributed by atoms with van der Waals surface area (Å²) in [6.45, 7) is 1.77. The van der Waals surface area contributed by atoms with Crippen LogP contribution in [0, 0.1) is 17.0 Å². The first kappa shape index (κ1) is 15.1. The lowest BCUT2D eigenvalue weighted by atomic mass is 10.0. The normalized spacial score (nSPS) is 10.7. The number of pyridine rings is 3. The molecule has 0 aromatic carbocycles. The van der Waals surface area contributed by atoms with Gasteiger partial charge in [-0.3, -0.25) is 15.1 Å². The average Bonchev–Trinajstić information content (AvgIpc) is 2.54. The van der Waals surface area contributed by atoms with Gasteiger partial charge < -0.3 is 5.32 Å². The third-order valence-corrected chi connectivity index (χ3v) is 3.77. The number of anilines is 1. The predicted molar refractivity (Wildman–Crippen MR) is 88.7 cm³/mol. The van der Waals surface area contributed by atoms with E-state index in [2.05, 4.69) is 20.3 Å². The average molecular weight is 330 g/mol. The number of halogens is 1. The van der Waals surface area contributed by atoms with Gasteiger partial charge >= 0.3 is 0 Å². The number of nitro groups is 1. The number of rotatable bonds is 3. The molecule has 0 atom stereocenters. The van der Waals surface area contributed by atoms with Crippen LogP contribution in [0.5, 0.6) is 0 Å². The number of fused-ring (bicyclic) bond motifs is 1. The van der Waals surface area contributed by atoms with Crippen molar-refractivity contribution in [3.63, 3.8) is 0 Å². The molecule has 0 spiro atoms. The highest BCUT2D eigenvalue weighted by atomic mass is 35.5. The molecule has 7 nitrogen and oxygen atoms in total. The summed E-state index contributed by atoms with van der Waals surface area (Å²) in [5.41, 5.74) is 2.40. The fourth-order valence-corrected chi connectivity index (χ4v) is 2.51. The number of aromatic nitrogens is 3. The maximum Gasteiger partial charge on any atom is 0.288 e. The monoisotopic (exact) mass is 329 g/mol. The molecule has 23 heavy (non-hydrogen) atoms. The molecule has 0 fully saturated rings. The van der Waals surface area contributed by atoms with Gasteiger partial charge in [0, 0.05) is 47.6 Å². The van der Waals surface area contributed by atoms with Crippen molar-refractivity contribution in [2.24, 2.45) is 0 Å². The third kappa shape index (κ3) is 2.78. The molecule has 0 amide bonds. The van der Waals surface area contributed by atoms with Crippen LogP contribution in [-0.4, -0.2) is 26.9 Å². The van der Waals surface area contributed by atoms with Gasteiger partial charge in [-0.2, -0.15) is 0 Å². The summed E-state index contributed by atoms with van der Waals surface area (Å²) >= 11 is 6.29. The van der Waals surface area contributed by atoms with E-state index in [0.29, 0.717) is 28.2 Å². The summed E-state index contributed by atoms with van der Waals surface area (Å²) in [6.07, 6.45) is 2.90. The molecule has 3 aromatic heterocycles. The van der Waals surface area contributed by atoms with Crippen molar-refractivity contribution in [1.29, 1.82) is 0 Å². The molecule has 0 aliphatic rings. The lowest BCUT2D eigenvalue weighted by Gasteiger charge is -2.09. The van der Waals surface area contributed by atoms with Crippen LogP contribution in [0.3, 0.4) is 0 Å². The summed E-state index contributed by atoms with van der Waals surface area (Å²) in [7, 11) is 1.77. The van der Waals surface area contributed by atoms with Gasteiger partial charge in [0.1, 0.15) is 17.2 Å². The van der Waals surface area contributed by atoms with Crippen LogP contribution in [0.1, 0.15) is 5.69 Å². The molecule has 0 radical (unpaired) electrons.